The van der Waals surface area contributed by atoms with E-state index in [2.05, 4.69) is 32.5 Å². The van der Waals surface area contributed by atoms with Crippen LogP contribution in [0, 0.1) is 0 Å². The number of nitrogens with zero attached hydrogens (tertiary/aromatic N) is 3. The van der Waals surface area contributed by atoms with Gasteiger partial charge < -0.3 is 0 Å². The maximum absolute atomic E-state index is 7.71. The van der Waals surface area contributed by atoms with Crippen molar-refractivity contribution in [3.8, 4) is 0 Å². The summed E-state index contributed by atoms with van der Waals surface area (Å²) < 4.78 is 0.699. The molecule has 0 N–H and O–H groups in total. The summed E-state index contributed by atoms with van der Waals surface area (Å²) in [7, 11) is 0. The molecule has 0 aromatic carbocycles. The number of hydrogen-bond acceptors (Lipinski definition) is 1. The molecule has 0 atom stereocenters. The molecule has 0 aromatic heterocycles. The Labute approximate surface area is 49.8 Å². The highest BCUT2D eigenvalue weighted by Crippen LogP contribution is 1.98. The molecule has 0 heterocycles. The molecule has 0 spiro atoms. The minimum absolute atomic E-state index is 0.330. The van der Waals surface area contributed by atoms with Gasteiger partial charge in [0.25, 0.3) is 0 Å². The van der Waals surface area contributed by atoms with Crippen LogP contribution in [0.15, 0.2) is 16.2 Å². The Hall–Kier alpha value is -0.470. The topological polar surface area (TPSA) is 48.8 Å². The zero-order valence-electron chi connectivity index (χ0n) is 3.63. The molecule has 3 nitrogen and oxygen atoms in total. The third-order valence-electron chi connectivity index (χ3n) is 0.306. The van der Waals surface area contributed by atoms with Gasteiger partial charge in [-0.3, -0.25) is 0 Å². The smallest absolute Gasteiger partial charge is 0.0571 e. The Morgan fingerprint density at radius 2 is 2.57 bits per heavy atom. The fraction of sp³-hybridized carbons (Fsp3) is 0.333. The van der Waals surface area contributed by atoms with Gasteiger partial charge in [0.2, 0.25) is 0 Å². The highest BCUT2D eigenvalue weighted by molar-refractivity contribution is 9.11. The van der Waals surface area contributed by atoms with E-state index in [4.69, 9.17) is 5.53 Å². The van der Waals surface area contributed by atoms with Gasteiger partial charge in [0.05, 0.1) is 6.54 Å². The number of rotatable bonds is 2. The minimum Gasteiger partial charge on any atom is -0.0887 e. The molecule has 0 saturated heterocycles. The van der Waals surface area contributed by atoms with Gasteiger partial charge in [0, 0.05) is 4.91 Å². The van der Waals surface area contributed by atoms with Crippen molar-refractivity contribution >= 4 is 15.9 Å². The maximum Gasteiger partial charge on any atom is 0.0571 e. The Morgan fingerprint density at radius 3 is 2.71 bits per heavy atom. The largest absolute Gasteiger partial charge is 0.0887 e. The fourth-order valence-electron chi connectivity index (χ4n) is 0.108. The van der Waals surface area contributed by atoms with E-state index in [-0.39, 0.29) is 0 Å². The average molecular weight is 162 g/mol. The van der Waals surface area contributed by atoms with Crippen LogP contribution in [0.3, 0.4) is 0 Å². The molecule has 0 saturated carbocycles. The molecule has 0 aliphatic rings. The molecule has 7 heavy (non-hydrogen) atoms. The molecule has 0 aliphatic heterocycles. The normalized spacial score (nSPS) is 7.00. The van der Waals surface area contributed by atoms with E-state index in [1.54, 1.807) is 0 Å². The lowest BCUT2D eigenvalue weighted by molar-refractivity contribution is 1.21. The van der Waals surface area contributed by atoms with Crippen LogP contribution in [0.25, 0.3) is 10.4 Å². The molecule has 0 amide bonds. The molecule has 0 aromatic rings. The standard InChI is InChI=1S/C3H4BrN3/c1-3(4)2-6-7-5/h1-2H2. The van der Waals surface area contributed by atoms with E-state index in [1.165, 1.54) is 0 Å². The van der Waals surface area contributed by atoms with Gasteiger partial charge in [-0.2, -0.15) is 0 Å². The third kappa shape index (κ3) is 5.53. The third-order valence-corrected chi connectivity index (χ3v) is 0.556. The van der Waals surface area contributed by atoms with E-state index >= 15 is 0 Å². The van der Waals surface area contributed by atoms with Gasteiger partial charge in [-0.05, 0) is 10.0 Å². The van der Waals surface area contributed by atoms with Crippen molar-refractivity contribution in [2.45, 2.75) is 0 Å². The van der Waals surface area contributed by atoms with Crippen LogP contribution in [0.4, 0.5) is 0 Å². The monoisotopic (exact) mass is 161 g/mol. The first kappa shape index (κ1) is 6.53. The molecule has 38 valence electrons. The van der Waals surface area contributed by atoms with Crippen molar-refractivity contribution in [2.24, 2.45) is 5.11 Å². The Kier molecular flexibility index (Phi) is 3.46. The maximum atomic E-state index is 7.71. The summed E-state index contributed by atoms with van der Waals surface area (Å²) in [6, 6.07) is 0. The van der Waals surface area contributed by atoms with E-state index in [1.807, 2.05) is 0 Å². The van der Waals surface area contributed by atoms with Crippen molar-refractivity contribution in [3.63, 3.8) is 0 Å². The first-order valence-electron chi connectivity index (χ1n) is 1.61. The van der Waals surface area contributed by atoms with Gasteiger partial charge in [0.1, 0.15) is 0 Å². The van der Waals surface area contributed by atoms with Gasteiger partial charge in [0.15, 0.2) is 0 Å². The first-order valence-corrected chi connectivity index (χ1v) is 2.41. The molecule has 0 unspecified atom stereocenters. The predicted octanol–water partition coefficient (Wildman–Crippen LogP) is 2.21. The molecule has 0 radical (unpaired) electrons. The summed E-state index contributed by atoms with van der Waals surface area (Å²) in [6.07, 6.45) is 0. The van der Waals surface area contributed by atoms with Gasteiger partial charge in [-0.15, -0.1) is 0 Å². The number of halogens is 1. The van der Waals surface area contributed by atoms with E-state index in [9.17, 15) is 0 Å². The lowest BCUT2D eigenvalue weighted by Gasteiger charge is -1.78. The van der Waals surface area contributed by atoms with Crippen LogP contribution in [-0.4, -0.2) is 6.54 Å². The molecular formula is C3H4BrN3. The molecule has 0 fully saturated rings. The number of azide groups is 1. The predicted molar refractivity (Wildman–Crippen MR) is 32.1 cm³/mol. The van der Waals surface area contributed by atoms with Crippen LogP contribution in [0.5, 0.6) is 0 Å². The Balaban J connectivity index is 3.32. The molecule has 0 aliphatic carbocycles. The zero-order valence-corrected chi connectivity index (χ0v) is 5.22. The van der Waals surface area contributed by atoms with Gasteiger partial charge in [-0.1, -0.05) is 27.6 Å². The summed E-state index contributed by atoms with van der Waals surface area (Å²) in [5.41, 5.74) is 7.71. The van der Waals surface area contributed by atoms with Crippen LogP contribution in [0.2, 0.25) is 0 Å². The van der Waals surface area contributed by atoms with Crippen LogP contribution in [0.1, 0.15) is 0 Å². The van der Waals surface area contributed by atoms with Crippen molar-refractivity contribution in [1.29, 1.82) is 0 Å². The molecule has 0 bridgehead atoms. The van der Waals surface area contributed by atoms with Gasteiger partial charge >= 0.3 is 0 Å². The highest BCUT2D eigenvalue weighted by Gasteiger charge is 1.77. The van der Waals surface area contributed by atoms with Crippen molar-refractivity contribution < 1.29 is 0 Å². The summed E-state index contributed by atoms with van der Waals surface area (Å²) in [4.78, 5) is 2.51. The molecular weight excluding hydrogens is 158 g/mol. The molecule has 4 heteroatoms. The van der Waals surface area contributed by atoms with Crippen molar-refractivity contribution in [2.75, 3.05) is 6.54 Å². The molecule has 0 rings (SSSR count). The second kappa shape index (κ2) is 3.71. The zero-order chi connectivity index (χ0) is 5.70. The summed E-state index contributed by atoms with van der Waals surface area (Å²) in [5, 5.41) is 3.21. The van der Waals surface area contributed by atoms with Crippen molar-refractivity contribution in [3.05, 3.63) is 21.5 Å². The summed E-state index contributed by atoms with van der Waals surface area (Å²) >= 11 is 3.02. The lowest BCUT2D eigenvalue weighted by atomic mass is 10.7. The Morgan fingerprint density at radius 1 is 2.00 bits per heavy atom. The fourth-order valence-corrected chi connectivity index (χ4v) is 0.220. The number of hydrogen-bond donors (Lipinski definition) is 0. The van der Waals surface area contributed by atoms with Gasteiger partial charge in [-0.25, -0.2) is 0 Å². The van der Waals surface area contributed by atoms with Crippen molar-refractivity contribution in [1.82, 2.24) is 0 Å². The Bertz CT molecular complexity index is 113. The van der Waals surface area contributed by atoms with E-state index in [0.29, 0.717) is 11.0 Å². The highest BCUT2D eigenvalue weighted by atomic mass is 79.9. The second-order valence-electron chi connectivity index (χ2n) is 0.906. The summed E-state index contributed by atoms with van der Waals surface area (Å²) in [5.74, 6) is 0. The van der Waals surface area contributed by atoms with E-state index in [0.717, 1.165) is 0 Å². The van der Waals surface area contributed by atoms with E-state index < -0.39 is 0 Å². The van der Waals surface area contributed by atoms with Crippen LogP contribution >= 0.6 is 15.9 Å². The van der Waals surface area contributed by atoms with Crippen LogP contribution < -0.4 is 0 Å². The lowest BCUT2D eigenvalue weighted by Crippen LogP contribution is -1.69. The quantitative estimate of drug-likeness (QED) is 0.339. The SMILES string of the molecule is C=C(Br)CN=[N+]=[N-]. The average Bonchev–Trinajstić information content (AvgIpc) is 1.61. The minimum atomic E-state index is 0.330. The first-order chi connectivity index (χ1) is 3.27. The van der Waals surface area contributed by atoms with Crippen LogP contribution in [-0.2, 0) is 0 Å². The summed E-state index contributed by atoms with van der Waals surface area (Å²) in [6.45, 7) is 3.77. The second-order valence-corrected chi connectivity index (χ2v) is 2.03.